The third-order valence-corrected chi connectivity index (χ3v) is 7.29. The topological polar surface area (TPSA) is 92.6 Å². The normalized spacial score (nSPS) is 15.7. The first-order valence-corrected chi connectivity index (χ1v) is 13.0. The van der Waals surface area contributed by atoms with E-state index in [4.69, 9.17) is 0 Å². The summed E-state index contributed by atoms with van der Waals surface area (Å²) in [6.45, 7) is 7.59. The van der Waals surface area contributed by atoms with Crippen LogP contribution in [0, 0.1) is 12.8 Å². The van der Waals surface area contributed by atoms with Crippen LogP contribution in [0.2, 0.25) is 0 Å². The molecule has 1 saturated carbocycles. The van der Waals surface area contributed by atoms with Crippen molar-refractivity contribution in [1.82, 2.24) is 35.1 Å². The van der Waals surface area contributed by atoms with E-state index in [9.17, 15) is 4.79 Å². The lowest BCUT2D eigenvalue weighted by Crippen LogP contribution is -2.36. The fourth-order valence-electron chi connectivity index (χ4n) is 5.55. The van der Waals surface area contributed by atoms with Crippen molar-refractivity contribution >= 4 is 10.9 Å². The lowest BCUT2D eigenvalue weighted by atomic mass is 9.94. The average molecular weight is 486 g/mol. The molecule has 8 nitrogen and oxygen atoms in total. The number of pyridine rings is 2. The summed E-state index contributed by atoms with van der Waals surface area (Å²) in [4.78, 5) is 22.9. The van der Waals surface area contributed by atoms with Gasteiger partial charge in [0.2, 0.25) is 0 Å². The smallest absolute Gasteiger partial charge is 0.252 e. The molecule has 0 spiro atoms. The Hall–Kier alpha value is -3.39. The fourth-order valence-corrected chi connectivity index (χ4v) is 5.55. The van der Waals surface area contributed by atoms with Crippen molar-refractivity contribution in [3.05, 3.63) is 81.7 Å². The molecule has 8 heteroatoms. The molecule has 188 valence electrons. The Labute approximate surface area is 211 Å². The van der Waals surface area contributed by atoms with Crippen molar-refractivity contribution in [2.24, 2.45) is 5.92 Å². The Bertz CT molecular complexity index is 1360. The number of hydrogen-bond acceptors (Lipinski definition) is 6. The first-order chi connectivity index (χ1) is 17.5. The zero-order chi connectivity index (χ0) is 25.1. The Morgan fingerprint density at radius 1 is 1.11 bits per heavy atom. The molecule has 1 atom stereocenters. The van der Waals surface area contributed by atoms with Crippen molar-refractivity contribution in [2.75, 3.05) is 0 Å². The first kappa shape index (κ1) is 24.3. The molecule has 1 aliphatic rings. The fraction of sp³-hybridized carbons (Fsp3) is 0.464. The molecule has 4 aromatic rings. The van der Waals surface area contributed by atoms with Gasteiger partial charge in [0.05, 0.1) is 12.1 Å². The van der Waals surface area contributed by atoms with Gasteiger partial charge in [-0.3, -0.25) is 14.7 Å². The lowest BCUT2D eigenvalue weighted by molar-refractivity contribution is 0.121. The van der Waals surface area contributed by atoms with E-state index in [-0.39, 0.29) is 17.5 Å². The van der Waals surface area contributed by atoms with Gasteiger partial charge in [0, 0.05) is 36.6 Å². The van der Waals surface area contributed by atoms with Crippen LogP contribution in [0.1, 0.15) is 80.6 Å². The van der Waals surface area contributed by atoms with Crippen LogP contribution in [-0.2, 0) is 13.1 Å². The van der Waals surface area contributed by atoms with Crippen molar-refractivity contribution in [3.63, 3.8) is 0 Å². The second-order valence-corrected chi connectivity index (χ2v) is 10.4. The van der Waals surface area contributed by atoms with Crippen LogP contribution in [0.25, 0.3) is 10.9 Å². The van der Waals surface area contributed by atoms with E-state index in [0.29, 0.717) is 19.1 Å². The molecule has 0 saturated heterocycles. The van der Waals surface area contributed by atoms with Gasteiger partial charge in [-0.05, 0) is 71.3 Å². The second kappa shape index (κ2) is 10.7. The maximum absolute atomic E-state index is 13.2. The van der Waals surface area contributed by atoms with E-state index in [1.54, 1.807) is 6.20 Å². The van der Waals surface area contributed by atoms with Crippen LogP contribution < -0.4 is 5.56 Å². The molecular formula is C28H35N7O. The minimum atomic E-state index is -0.0604. The standard InChI is InChI=1S/C28H35N7O/c1-19(2)26(27-31-32-33-35(27)24-9-5-4-6-10-24)34(17-21-8-7-13-29-16-21)18-23-15-22-14-20(3)11-12-25(22)30-28(23)36/h7-8,11-16,19,24,26H,4-6,9-10,17-18H2,1-3H3,(H,30,36)/t26-/m0/s1. The van der Waals surface area contributed by atoms with Gasteiger partial charge in [-0.1, -0.05) is 50.8 Å². The number of hydrogen-bond donors (Lipinski definition) is 1. The summed E-state index contributed by atoms with van der Waals surface area (Å²) in [5.74, 6) is 1.12. The SMILES string of the molecule is Cc1ccc2[nH]c(=O)c(CN(Cc3cccnc3)[C@H](c3nnnn3C3CCCCC3)C(C)C)cc2c1. The zero-order valence-corrected chi connectivity index (χ0v) is 21.4. The van der Waals surface area contributed by atoms with E-state index >= 15 is 0 Å². The summed E-state index contributed by atoms with van der Waals surface area (Å²) in [7, 11) is 0. The number of aryl methyl sites for hydroxylation is 1. The maximum Gasteiger partial charge on any atom is 0.252 e. The van der Waals surface area contributed by atoms with Crippen LogP contribution in [-0.4, -0.2) is 35.1 Å². The summed E-state index contributed by atoms with van der Waals surface area (Å²) >= 11 is 0. The Morgan fingerprint density at radius 2 is 1.94 bits per heavy atom. The average Bonchev–Trinajstić information content (AvgIpc) is 3.35. The Kier molecular flexibility index (Phi) is 7.23. The quantitative estimate of drug-likeness (QED) is 0.372. The minimum absolute atomic E-state index is 0.0584. The number of rotatable bonds is 8. The van der Waals surface area contributed by atoms with Gasteiger partial charge in [-0.2, -0.15) is 0 Å². The van der Waals surface area contributed by atoms with Gasteiger partial charge in [0.25, 0.3) is 5.56 Å². The predicted octanol–water partition coefficient (Wildman–Crippen LogP) is 5.12. The highest BCUT2D eigenvalue weighted by Crippen LogP contribution is 2.34. The molecule has 36 heavy (non-hydrogen) atoms. The molecule has 1 N–H and O–H groups in total. The zero-order valence-electron chi connectivity index (χ0n) is 21.4. The van der Waals surface area contributed by atoms with Crippen LogP contribution in [0.4, 0.5) is 0 Å². The lowest BCUT2D eigenvalue weighted by Gasteiger charge is -2.34. The predicted molar refractivity (Wildman–Crippen MR) is 140 cm³/mol. The van der Waals surface area contributed by atoms with E-state index in [1.807, 2.05) is 30.5 Å². The van der Waals surface area contributed by atoms with Gasteiger partial charge in [-0.25, -0.2) is 4.68 Å². The summed E-state index contributed by atoms with van der Waals surface area (Å²) in [6.07, 6.45) is 9.59. The van der Waals surface area contributed by atoms with Gasteiger partial charge < -0.3 is 4.98 Å². The summed E-state index contributed by atoms with van der Waals surface area (Å²) in [6, 6.07) is 12.4. The molecule has 3 heterocycles. The molecule has 1 fully saturated rings. The summed E-state index contributed by atoms with van der Waals surface area (Å²) in [5, 5.41) is 14.2. The van der Waals surface area contributed by atoms with Crippen molar-refractivity contribution < 1.29 is 0 Å². The second-order valence-electron chi connectivity index (χ2n) is 10.4. The van der Waals surface area contributed by atoms with E-state index in [1.165, 1.54) is 24.8 Å². The molecule has 0 aliphatic heterocycles. The Morgan fingerprint density at radius 3 is 2.69 bits per heavy atom. The van der Waals surface area contributed by atoms with E-state index in [0.717, 1.165) is 40.7 Å². The maximum atomic E-state index is 13.2. The van der Waals surface area contributed by atoms with Gasteiger partial charge in [0.15, 0.2) is 5.82 Å². The number of nitrogens with zero attached hydrogens (tertiary/aromatic N) is 6. The monoisotopic (exact) mass is 485 g/mol. The van der Waals surface area contributed by atoms with Crippen molar-refractivity contribution in [3.8, 4) is 0 Å². The molecule has 0 bridgehead atoms. The van der Waals surface area contributed by atoms with E-state index < -0.39 is 0 Å². The molecule has 1 aromatic carbocycles. The molecular weight excluding hydrogens is 450 g/mol. The third kappa shape index (κ3) is 5.23. The number of aromatic nitrogens is 6. The number of H-pyrrole nitrogens is 1. The van der Waals surface area contributed by atoms with Crippen LogP contribution >= 0.6 is 0 Å². The van der Waals surface area contributed by atoms with Crippen molar-refractivity contribution in [1.29, 1.82) is 0 Å². The third-order valence-electron chi connectivity index (χ3n) is 7.29. The number of nitrogens with one attached hydrogen (secondary N) is 1. The summed E-state index contributed by atoms with van der Waals surface area (Å²) in [5.41, 5.74) is 3.79. The largest absolute Gasteiger partial charge is 0.322 e. The van der Waals surface area contributed by atoms with Gasteiger partial charge in [0.1, 0.15) is 0 Å². The highest BCUT2D eigenvalue weighted by atomic mass is 16.1. The summed E-state index contributed by atoms with van der Waals surface area (Å²) < 4.78 is 2.06. The molecule has 0 radical (unpaired) electrons. The van der Waals surface area contributed by atoms with Crippen LogP contribution in [0.3, 0.4) is 0 Å². The van der Waals surface area contributed by atoms with Gasteiger partial charge >= 0.3 is 0 Å². The van der Waals surface area contributed by atoms with Gasteiger partial charge in [-0.15, -0.1) is 5.10 Å². The highest BCUT2D eigenvalue weighted by molar-refractivity contribution is 5.79. The number of tetrazole rings is 1. The molecule has 1 aliphatic carbocycles. The Balaban J connectivity index is 1.55. The van der Waals surface area contributed by atoms with E-state index in [2.05, 4.69) is 68.0 Å². The number of benzene rings is 1. The molecule has 5 rings (SSSR count). The minimum Gasteiger partial charge on any atom is -0.322 e. The molecule has 0 unspecified atom stereocenters. The molecule has 0 amide bonds. The highest BCUT2D eigenvalue weighted by Gasteiger charge is 2.32. The number of fused-ring (bicyclic) bond motifs is 1. The number of aromatic amines is 1. The van der Waals surface area contributed by atoms with Crippen LogP contribution in [0.5, 0.6) is 0 Å². The van der Waals surface area contributed by atoms with Crippen molar-refractivity contribution in [2.45, 2.75) is 78.0 Å². The molecule has 3 aromatic heterocycles. The first-order valence-electron chi connectivity index (χ1n) is 13.0. The van der Waals surface area contributed by atoms with Crippen LogP contribution in [0.15, 0.2) is 53.6 Å².